The topological polar surface area (TPSA) is 58.2 Å². The summed E-state index contributed by atoms with van der Waals surface area (Å²) in [6, 6.07) is 4.52. The van der Waals surface area contributed by atoms with Gasteiger partial charge in [-0.05, 0) is 56.0 Å². The molecule has 2 heterocycles. The van der Waals surface area contributed by atoms with E-state index < -0.39 is 59.2 Å². The molecular weight excluding hydrogens is 486 g/mol. The summed E-state index contributed by atoms with van der Waals surface area (Å²) in [7, 11) is 0. The van der Waals surface area contributed by atoms with Gasteiger partial charge in [-0.3, -0.25) is 9.59 Å². The van der Waals surface area contributed by atoms with Gasteiger partial charge in [-0.25, -0.2) is 0 Å². The monoisotopic (exact) mass is 510 g/mol. The van der Waals surface area contributed by atoms with Gasteiger partial charge in [0.15, 0.2) is 11.6 Å². The third kappa shape index (κ3) is 4.34. The van der Waals surface area contributed by atoms with Gasteiger partial charge in [-0.2, -0.15) is 26.3 Å². The Morgan fingerprint density at radius 2 is 1.03 bits per heavy atom. The lowest BCUT2D eigenvalue weighted by Gasteiger charge is -2.32. The molecule has 5 rings (SSSR count). The van der Waals surface area contributed by atoms with E-state index in [4.69, 9.17) is 0 Å². The van der Waals surface area contributed by atoms with Crippen molar-refractivity contribution in [3.63, 3.8) is 0 Å². The number of hydrogen-bond acceptors (Lipinski definition) is 4. The molecule has 0 aromatic heterocycles. The molecule has 6 atom stereocenters. The van der Waals surface area contributed by atoms with Gasteiger partial charge in [0.25, 0.3) is 0 Å². The Kier molecular flexibility index (Phi) is 5.83. The number of nitrogens with one attached hydrogen (secondary N) is 2. The van der Waals surface area contributed by atoms with Crippen molar-refractivity contribution in [3.8, 4) is 0 Å². The van der Waals surface area contributed by atoms with Crippen molar-refractivity contribution in [2.75, 3.05) is 0 Å². The third-order valence-electron chi connectivity index (χ3n) is 7.57. The standard InChI is InChI=1S/C26H24F6N2O2/c1-11-3-12(2)5-13(4-11)21-23(35)17-9-20-18(10-19(17)33-21)24(36)22(34-20)14-6-15(25(27,28)29)8-16(7-14)26(30,31)32/h3-8,17-22,33-34H,9-10H2,1-2H3. The summed E-state index contributed by atoms with van der Waals surface area (Å²) < 4.78 is 79.9. The first-order valence-corrected chi connectivity index (χ1v) is 11.7. The van der Waals surface area contributed by atoms with Gasteiger partial charge in [-0.1, -0.05) is 29.3 Å². The van der Waals surface area contributed by atoms with E-state index in [-0.39, 0.29) is 36.3 Å². The molecule has 192 valence electrons. The highest BCUT2D eigenvalue weighted by molar-refractivity contribution is 5.94. The van der Waals surface area contributed by atoms with Crippen LogP contribution in [0.2, 0.25) is 0 Å². The van der Waals surface area contributed by atoms with Gasteiger partial charge in [-0.15, -0.1) is 0 Å². The fourth-order valence-corrected chi connectivity index (χ4v) is 6.07. The number of halogens is 6. The number of benzene rings is 2. The van der Waals surface area contributed by atoms with Crippen LogP contribution in [0.4, 0.5) is 26.3 Å². The van der Waals surface area contributed by atoms with Crippen molar-refractivity contribution in [3.05, 3.63) is 69.8 Å². The lowest BCUT2D eigenvalue weighted by molar-refractivity contribution is -0.143. The second kappa shape index (κ2) is 8.41. The molecule has 0 amide bonds. The van der Waals surface area contributed by atoms with Crippen LogP contribution in [0.5, 0.6) is 0 Å². The Hall–Kier alpha value is -2.72. The summed E-state index contributed by atoms with van der Waals surface area (Å²) in [5.41, 5.74) is -0.397. The van der Waals surface area contributed by atoms with Gasteiger partial charge in [0.1, 0.15) is 0 Å². The molecule has 2 aromatic carbocycles. The predicted octanol–water partition coefficient (Wildman–Crippen LogP) is 5.23. The number of carbonyl (C=O) groups excluding carboxylic acids is 2. The quantitative estimate of drug-likeness (QED) is 0.544. The van der Waals surface area contributed by atoms with Gasteiger partial charge in [0, 0.05) is 23.9 Å². The van der Waals surface area contributed by atoms with Gasteiger partial charge in [0.05, 0.1) is 23.2 Å². The molecule has 2 aliphatic heterocycles. The maximum absolute atomic E-state index is 13.3. The van der Waals surface area contributed by atoms with Crippen LogP contribution in [-0.4, -0.2) is 23.7 Å². The van der Waals surface area contributed by atoms with Crippen LogP contribution < -0.4 is 10.6 Å². The first-order chi connectivity index (χ1) is 16.7. The summed E-state index contributed by atoms with van der Waals surface area (Å²) in [6.45, 7) is 3.88. The molecule has 10 heteroatoms. The summed E-state index contributed by atoms with van der Waals surface area (Å²) in [5, 5.41) is 6.29. The maximum Gasteiger partial charge on any atom is 0.416 e. The van der Waals surface area contributed by atoms with Crippen LogP contribution in [0.25, 0.3) is 0 Å². The highest BCUT2D eigenvalue weighted by Crippen LogP contribution is 2.45. The zero-order valence-corrected chi connectivity index (χ0v) is 19.4. The van der Waals surface area contributed by atoms with Gasteiger partial charge < -0.3 is 10.6 Å². The molecule has 0 radical (unpaired) electrons. The molecule has 36 heavy (non-hydrogen) atoms. The lowest BCUT2D eigenvalue weighted by Crippen LogP contribution is -2.44. The van der Waals surface area contributed by atoms with Gasteiger partial charge >= 0.3 is 12.4 Å². The average molecular weight is 510 g/mol. The molecule has 0 bridgehead atoms. The van der Waals surface area contributed by atoms with E-state index in [0.717, 1.165) is 16.7 Å². The first-order valence-electron chi connectivity index (χ1n) is 11.7. The van der Waals surface area contributed by atoms with Crippen LogP contribution in [0.15, 0.2) is 36.4 Å². The number of hydrogen-bond donors (Lipinski definition) is 2. The number of carbonyl (C=O) groups is 2. The van der Waals surface area contributed by atoms with Crippen molar-refractivity contribution < 1.29 is 35.9 Å². The molecule has 3 fully saturated rings. The average Bonchev–Trinajstić information content (AvgIpc) is 3.27. The first kappa shape index (κ1) is 25.0. The number of ketones is 2. The number of alkyl halides is 6. The van der Waals surface area contributed by atoms with E-state index in [9.17, 15) is 35.9 Å². The highest BCUT2D eigenvalue weighted by Gasteiger charge is 2.54. The summed E-state index contributed by atoms with van der Waals surface area (Å²) >= 11 is 0. The molecule has 1 saturated carbocycles. The molecule has 2 N–H and O–H groups in total. The van der Waals surface area contributed by atoms with E-state index >= 15 is 0 Å². The number of rotatable bonds is 2. The Morgan fingerprint density at radius 3 is 1.42 bits per heavy atom. The lowest BCUT2D eigenvalue weighted by atomic mass is 9.74. The van der Waals surface area contributed by atoms with Crippen molar-refractivity contribution in [2.24, 2.45) is 11.8 Å². The van der Waals surface area contributed by atoms with Crippen molar-refractivity contribution in [1.29, 1.82) is 0 Å². The van der Waals surface area contributed by atoms with E-state index in [1.807, 2.05) is 32.0 Å². The fourth-order valence-electron chi connectivity index (χ4n) is 6.07. The molecule has 3 aliphatic rings. The molecule has 0 spiro atoms. The largest absolute Gasteiger partial charge is 0.416 e. The van der Waals surface area contributed by atoms with Crippen LogP contribution in [-0.2, 0) is 21.9 Å². The number of aryl methyl sites for hydroxylation is 2. The number of Topliss-reactive ketones (excluding diaryl/α,β-unsaturated/α-hetero) is 2. The number of fused-ring (bicyclic) bond motifs is 2. The minimum atomic E-state index is -5.00. The Morgan fingerprint density at radius 1 is 0.639 bits per heavy atom. The fraction of sp³-hybridized carbons (Fsp3) is 0.462. The SMILES string of the molecule is Cc1cc(C)cc(C2NC3CC4C(=O)C(c5cc(C(F)(F)F)cc(C(F)(F)F)c5)NC4CC3C2=O)c1. The van der Waals surface area contributed by atoms with Crippen molar-refractivity contribution in [2.45, 2.75) is 63.2 Å². The second-order valence-electron chi connectivity index (χ2n) is 10.2. The predicted molar refractivity (Wildman–Crippen MR) is 118 cm³/mol. The summed E-state index contributed by atoms with van der Waals surface area (Å²) in [6.07, 6.45) is -9.42. The molecular formula is C26H24F6N2O2. The Bertz CT molecular complexity index is 1190. The minimum Gasteiger partial charge on any atom is -0.300 e. The zero-order chi connectivity index (χ0) is 26.2. The molecule has 1 aliphatic carbocycles. The van der Waals surface area contributed by atoms with E-state index in [1.54, 1.807) is 0 Å². The molecule has 2 aromatic rings. The Balaban J connectivity index is 1.40. The van der Waals surface area contributed by atoms with Crippen LogP contribution >= 0.6 is 0 Å². The zero-order valence-electron chi connectivity index (χ0n) is 19.4. The Labute approximate surface area is 203 Å². The third-order valence-corrected chi connectivity index (χ3v) is 7.57. The van der Waals surface area contributed by atoms with E-state index in [0.29, 0.717) is 12.1 Å². The van der Waals surface area contributed by atoms with Crippen LogP contribution in [0.1, 0.15) is 58.3 Å². The molecule has 4 nitrogen and oxygen atoms in total. The normalized spacial score (nSPS) is 30.4. The van der Waals surface area contributed by atoms with Crippen LogP contribution in [0, 0.1) is 25.7 Å². The summed E-state index contributed by atoms with van der Waals surface area (Å²) in [5.74, 6) is -1.48. The highest BCUT2D eigenvalue weighted by atomic mass is 19.4. The van der Waals surface area contributed by atoms with Crippen molar-refractivity contribution in [1.82, 2.24) is 10.6 Å². The minimum absolute atomic E-state index is 0.0143. The summed E-state index contributed by atoms with van der Waals surface area (Å²) in [4.78, 5) is 26.5. The molecule has 2 saturated heterocycles. The van der Waals surface area contributed by atoms with E-state index in [2.05, 4.69) is 10.6 Å². The van der Waals surface area contributed by atoms with E-state index in [1.165, 1.54) is 0 Å². The van der Waals surface area contributed by atoms with Gasteiger partial charge in [0.2, 0.25) is 0 Å². The maximum atomic E-state index is 13.3. The van der Waals surface area contributed by atoms with Crippen LogP contribution in [0.3, 0.4) is 0 Å². The molecule has 6 unspecified atom stereocenters. The second-order valence-corrected chi connectivity index (χ2v) is 10.2. The van der Waals surface area contributed by atoms with Crippen molar-refractivity contribution >= 4 is 11.6 Å². The smallest absolute Gasteiger partial charge is 0.300 e.